The maximum Gasteiger partial charge on any atom is 0.201 e. The third kappa shape index (κ3) is 4.03. The second kappa shape index (κ2) is 9.11. The summed E-state index contributed by atoms with van der Waals surface area (Å²) in [5.74, 6) is 0.676. The number of nitrogens with zero attached hydrogens (tertiary/aromatic N) is 1. The Morgan fingerprint density at radius 3 is 2.53 bits per heavy atom. The molecule has 5 heterocycles. The minimum Gasteiger partial charge on any atom is -0.379 e. The van der Waals surface area contributed by atoms with Crippen LogP contribution in [0.1, 0.15) is 57.6 Å². The molecule has 0 radical (unpaired) electrons. The second-order valence-corrected chi connectivity index (χ2v) is 11.3. The molecule has 5 saturated heterocycles. The third-order valence-corrected chi connectivity index (χ3v) is 9.04. The minimum atomic E-state index is -0.751. The molecule has 188 valence electrons. The Kier molecular flexibility index (Phi) is 6.25. The van der Waals surface area contributed by atoms with Gasteiger partial charge in [-0.25, -0.2) is 9.78 Å². The fourth-order valence-corrected chi connectivity index (χ4v) is 7.00. The van der Waals surface area contributed by atoms with E-state index in [0.717, 1.165) is 57.7 Å². The zero-order valence-corrected chi connectivity index (χ0v) is 20.7. The largest absolute Gasteiger partial charge is 0.379 e. The molecule has 2 unspecified atom stereocenters. The number of benzene rings is 1. The first kappa shape index (κ1) is 23.3. The molecular formula is C27H39NO6. The van der Waals surface area contributed by atoms with Crippen LogP contribution in [-0.2, 0) is 41.9 Å². The number of morpholine rings is 1. The Morgan fingerprint density at radius 2 is 1.74 bits per heavy atom. The van der Waals surface area contributed by atoms with E-state index in [1.807, 2.05) is 6.92 Å². The molecule has 0 N–H and O–H groups in total. The molecule has 6 aliphatic rings. The van der Waals surface area contributed by atoms with Crippen molar-refractivity contribution >= 4 is 0 Å². The monoisotopic (exact) mass is 473 g/mol. The quantitative estimate of drug-likeness (QED) is 0.593. The molecular weight excluding hydrogens is 434 g/mol. The van der Waals surface area contributed by atoms with Crippen LogP contribution in [0.3, 0.4) is 0 Å². The van der Waals surface area contributed by atoms with Gasteiger partial charge in [0.05, 0.1) is 19.8 Å². The molecule has 1 spiro atoms. The average molecular weight is 474 g/mol. The van der Waals surface area contributed by atoms with E-state index in [2.05, 4.69) is 43.0 Å². The summed E-state index contributed by atoms with van der Waals surface area (Å²) < 4.78 is 24.8. The van der Waals surface area contributed by atoms with E-state index in [4.69, 9.17) is 28.7 Å². The summed E-state index contributed by atoms with van der Waals surface area (Å²) in [6.07, 6.45) is 3.37. The maximum atomic E-state index is 6.54. The molecule has 1 aromatic rings. The van der Waals surface area contributed by atoms with Gasteiger partial charge in [-0.2, -0.15) is 0 Å². The summed E-state index contributed by atoms with van der Waals surface area (Å²) in [7, 11) is 0. The zero-order valence-electron chi connectivity index (χ0n) is 20.7. The van der Waals surface area contributed by atoms with Crippen LogP contribution < -0.4 is 0 Å². The van der Waals surface area contributed by atoms with E-state index in [9.17, 15) is 0 Å². The molecule has 34 heavy (non-hydrogen) atoms. The Labute approximate surface area is 202 Å². The zero-order chi connectivity index (χ0) is 23.3. The molecule has 6 fully saturated rings. The van der Waals surface area contributed by atoms with E-state index in [-0.39, 0.29) is 18.1 Å². The van der Waals surface area contributed by atoms with Gasteiger partial charge in [-0.15, -0.1) is 0 Å². The Balaban J connectivity index is 1.13. The highest BCUT2D eigenvalue weighted by atomic mass is 17.3. The van der Waals surface area contributed by atoms with Gasteiger partial charge in [0.1, 0.15) is 0 Å². The highest BCUT2D eigenvalue weighted by molar-refractivity contribution is 5.22. The summed E-state index contributed by atoms with van der Waals surface area (Å²) in [5.41, 5.74) is 1.95. The van der Waals surface area contributed by atoms with E-state index in [0.29, 0.717) is 18.4 Å². The summed E-state index contributed by atoms with van der Waals surface area (Å²) in [5, 5.41) is 0. The first-order valence-electron chi connectivity index (χ1n) is 13.2. The maximum absolute atomic E-state index is 6.54. The van der Waals surface area contributed by atoms with Gasteiger partial charge >= 0.3 is 0 Å². The molecule has 5 aliphatic heterocycles. The lowest BCUT2D eigenvalue weighted by Gasteiger charge is -2.60. The summed E-state index contributed by atoms with van der Waals surface area (Å²) in [6.45, 7) is 11.7. The van der Waals surface area contributed by atoms with Gasteiger partial charge in [-0.1, -0.05) is 38.1 Å². The highest BCUT2D eigenvalue weighted by Crippen LogP contribution is 2.60. The van der Waals surface area contributed by atoms with Crippen LogP contribution in [0.25, 0.3) is 0 Å². The first-order valence-corrected chi connectivity index (χ1v) is 13.2. The van der Waals surface area contributed by atoms with Gasteiger partial charge in [-0.05, 0) is 49.1 Å². The highest BCUT2D eigenvalue weighted by Gasteiger charge is 2.69. The van der Waals surface area contributed by atoms with Crippen LogP contribution in [0.2, 0.25) is 0 Å². The molecule has 1 saturated carbocycles. The van der Waals surface area contributed by atoms with Gasteiger partial charge in [-0.3, -0.25) is 4.90 Å². The molecule has 7 heteroatoms. The molecule has 0 aromatic heterocycles. The molecule has 8 atom stereocenters. The molecule has 2 bridgehead atoms. The lowest BCUT2D eigenvalue weighted by atomic mass is 9.58. The fourth-order valence-electron chi connectivity index (χ4n) is 7.00. The van der Waals surface area contributed by atoms with E-state index in [1.54, 1.807) is 0 Å². The minimum absolute atomic E-state index is 0.196. The van der Waals surface area contributed by atoms with E-state index < -0.39 is 17.7 Å². The number of fused-ring (bicyclic) bond motifs is 2. The lowest BCUT2D eigenvalue weighted by molar-refractivity contribution is -0.577. The number of hydrogen-bond donors (Lipinski definition) is 0. The summed E-state index contributed by atoms with van der Waals surface area (Å²) in [6, 6.07) is 8.76. The van der Waals surface area contributed by atoms with Crippen LogP contribution in [-0.4, -0.2) is 55.2 Å². The van der Waals surface area contributed by atoms with Crippen molar-refractivity contribution in [3.8, 4) is 0 Å². The van der Waals surface area contributed by atoms with Crippen molar-refractivity contribution in [2.45, 2.75) is 83.6 Å². The lowest BCUT2D eigenvalue weighted by Crippen LogP contribution is -2.70. The van der Waals surface area contributed by atoms with Crippen LogP contribution >= 0.6 is 0 Å². The van der Waals surface area contributed by atoms with Gasteiger partial charge in [0.25, 0.3) is 0 Å². The van der Waals surface area contributed by atoms with E-state index in [1.165, 1.54) is 12.0 Å². The van der Waals surface area contributed by atoms with Crippen molar-refractivity contribution in [1.82, 2.24) is 4.90 Å². The third-order valence-electron chi connectivity index (χ3n) is 9.04. The van der Waals surface area contributed by atoms with Crippen LogP contribution in [0, 0.1) is 23.7 Å². The average Bonchev–Trinajstić information content (AvgIpc) is 3.08. The second-order valence-electron chi connectivity index (χ2n) is 11.3. The molecule has 7 nitrogen and oxygen atoms in total. The molecule has 0 amide bonds. The number of rotatable bonds is 5. The van der Waals surface area contributed by atoms with Crippen molar-refractivity contribution in [1.29, 1.82) is 0 Å². The van der Waals surface area contributed by atoms with Crippen molar-refractivity contribution in [2.24, 2.45) is 23.7 Å². The van der Waals surface area contributed by atoms with Crippen LogP contribution in [0.5, 0.6) is 0 Å². The van der Waals surface area contributed by atoms with E-state index >= 15 is 0 Å². The fraction of sp³-hybridized carbons (Fsp3) is 0.778. The van der Waals surface area contributed by atoms with Crippen molar-refractivity contribution in [2.75, 3.05) is 26.3 Å². The molecule has 1 aliphatic carbocycles. The number of ether oxygens (including phenoxy) is 4. The standard InChI is InChI=1S/C27H39NO6/c1-18-4-9-23-19(2)24(31-25-27(23)22(18)10-11-26(3,32-25)33-34-27)30-17-21-7-5-20(6-8-21)16-28-12-14-29-15-13-28/h5-8,18-19,22-25H,4,9-17H2,1-3H3/t18-,19-,22+,23?,24+,25?,26-,27-/m1/s1. The van der Waals surface area contributed by atoms with Crippen LogP contribution in [0.15, 0.2) is 24.3 Å². The van der Waals surface area contributed by atoms with Crippen molar-refractivity contribution in [3.05, 3.63) is 35.4 Å². The first-order chi connectivity index (χ1) is 16.5. The van der Waals surface area contributed by atoms with Gasteiger partial charge < -0.3 is 18.9 Å². The Hall–Kier alpha value is -1.06. The van der Waals surface area contributed by atoms with Crippen LogP contribution in [0.4, 0.5) is 0 Å². The summed E-state index contributed by atoms with van der Waals surface area (Å²) in [4.78, 5) is 14.6. The molecule has 7 rings (SSSR count). The van der Waals surface area contributed by atoms with Crippen molar-refractivity contribution in [3.63, 3.8) is 0 Å². The summed E-state index contributed by atoms with van der Waals surface area (Å²) >= 11 is 0. The predicted molar refractivity (Wildman–Crippen MR) is 124 cm³/mol. The van der Waals surface area contributed by atoms with Gasteiger partial charge in [0.15, 0.2) is 18.2 Å². The Morgan fingerprint density at radius 1 is 0.971 bits per heavy atom. The Bertz CT molecular complexity index is 859. The number of hydrogen-bond acceptors (Lipinski definition) is 7. The van der Waals surface area contributed by atoms with Gasteiger partial charge in [0, 0.05) is 37.9 Å². The predicted octanol–water partition coefficient (Wildman–Crippen LogP) is 4.24. The topological polar surface area (TPSA) is 58.6 Å². The SMILES string of the molecule is C[C@@H]1CCC2[C@@H](C)[C@@H](OCc3ccc(CN4CCOCC4)cc3)OC3O[C@@]4(C)CC[C@@H]1[C@]32OO4. The van der Waals surface area contributed by atoms with Crippen molar-refractivity contribution < 1.29 is 28.7 Å². The normalized spacial score (nSPS) is 44.4. The smallest absolute Gasteiger partial charge is 0.201 e. The van der Waals surface area contributed by atoms with Gasteiger partial charge in [0.2, 0.25) is 5.79 Å². The molecule has 1 aromatic carbocycles.